The predicted octanol–water partition coefficient (Wildman–Crippen LogP) is 5.52. The van der Waals surface area contributed by atoms with Gasteiger partial charge in [0.25, 0.3) is 5.91 Å². The van der Waals surface area contributed by atoms with Crippen molar-refractivity contribution in [1.82, 2.24) is 4.98 Å². The average molecular weight is 432 g/mol. The van der Waals surface area contributed by atoms with Crippen molar-refractivity contribution < 1.29 is 9.00 Å². The monoisotopic (exact) mass is 430 g/mol. The number of nitrogens with one attached hydrogen (secondary N) is 1. The van der Waals surface area contributed by atoms with Gasteiger partial charge in [-0.1, -0.05) is 34.8 Å². The number of hydrogen-bond donors (Lipinski definition) is 1. The second kappa shape index (κ2) is 7.85. The van der Waals surface area contributed by atoms with Gasteiger partial charge in [0, 0.05) is 14.9 Å². The fourth-order valence-electron chi connectivity index (χ4n) is 1.96. The highest BCUT2D eigenvalue weighted by atomic mass is 35.5. The molecule has 4 nitrogen and oxygen atoms in total. The van der Waals surface area contributed by atoms with E-state index in [4.69, 9.17) is 34.8 Å². The Kier molecular flexibility index (Phi) is 5.76. The first kappa shape index (κ1) is 18.4. The van der Waals surface area contributed by atoms with E-state index in [-0.39, 0.29) is 5.69 Å². The second-order valence-electron chi connectivity index (χ2n) is 4.79. The highest BCUT2D eigenvalue weighted by molar-refractivity contribution is 7.87. The van der Waals surface area contributed by atoms with Gasteiger partial charge >= 0.3 is 0 Å². The van der Waals surface area contributed by atoms with Gasteiger partial charge in [-0.2, -0.15) is 0 Å². The lowest BCUT2D eigenvalue weighted by molar-refractivity contribution is 0.102. The Morgan fingerprint density at radius 3 is 2.40 bits per heavy atom. The third-order valence-electron chi connectivity index (χ3n) is 3.13. The molecule has 3 aromatic rings. The van der Waals surface area contributed by atoms with Gasteiger partial charge in [-0.05, 0) is 42.5 Å². The zero-order chi connectivity index (χ0) is 18.0. The van der Waals surface area contributed by atoms with Crippen LogP contribution in [0.2, 0.25) is 15.1 Å². The van der Waals surface area contributed by atoms with Crippen molar-refractivity contribution in [1.29, 1.82) is 0 Å². The smallest absolute Gasteiger partial charge is 0.276 e. The number of carbonyl (C=O) groups is 1. The molecular weight excluding hydrogens is 423 g/mol. The Labute approximate surface area is 165 Å². The normalized spacial score (nSPS) is 12.0. The van der Waals surface area contributed by atoms with Crippen molar-refractivity contribution in [2.75, 3.05) is 5.32 Å². The first-order valence-electron chi connectivity index (χ1n) is 6.83. The zero-order valence-electron chi connectivity index (χ0n) is 12.3. The Balaban J connectivity index is 1.86. The van der Waals surface area contributed by atoms with Gasteiger partial charge in [0.2, 0.25) is 0 Å². The van der Waals surface area contributed by atoms with Crippen molar-refractivity contribution >= 4 is 68.5 Å². The average Bonchev–Trinajstić information content (AvgIpc) is 3.07. The molecule has 25 heavy (non-hydrogen) atoms. The Hall–Kier alpha value is -1.44. The summed E-state index contributed by atoms with van der Waals surface area (Å²) >= 11 is 18.9. The third kappa shape index (κ3) is 4.22. The quantitative estimate of drug-likeness (QED) is 0.591. The van der Waals surface area contributed by atoms with Gasteiger partial charge in [0.1, 0.15) is 4.21 Å². The van der Waals surface area contributed by atoms with Crippen LogP contribution in [0.15, 0.2) is 57.1 Å². The van der Waals surface area contributed by atoms with Crippen molar-refractivity contribution in [3.05, 3.63) is 68.7 Å². The maximum absolute atomic E-state index is 12.7. The molecule has 1 aromatic heterocycles. The molecule has 128 valence electrons. The fraction of sp³-hybridized carbons (Fsp3) is 0. The van der Waals surface area contributed by atoms with Crippen LogP contribution in [-0.4, -0.2) is 15.1 Å². The van der Waals surface area contributed by atoms with Gasteiger partial charge in [0.05, 0.1) is 27.0 Å². The van der Waals surface area contributed by atoms with E-state index in [1.54, 1.807) is 36.4 Å². The summed E-state index contributed by atoms with van der Waals surface area (Å²) in [6.07, 6.45) is 0. The number of nitrogens with zero attached hydrogens (tertiary/aromatic N) is 1. The summed E-state index contributed by atoms with van der Waals surface area (Å²) in [5, 5.41) is 3.96. The van der Waals surface area contributed by atoms with E-state index in [2.05, 4.69) is 10.3 Å². The predicted molar refractivity (Wildman–Crippen MR) is 103 cm³/mol. The van der Waals surface area contributed by atoms with Gasteiger partial charge in [0.15, 0.2) is 5.69 Å². The summed E-state index contributed by atoms with van der Waals surface area (Å²) in [6.45, 7) is 0. The summed E-state index contributed by atoms with van der Waals surface area (Å²) in [5.41, 5.74) is 1.96. The summed E-state index contributed by atoms with van der Waals surface area (Å²) < 4.78 is 13.1. The Morgan fingerprint density at radius 1 is 1.04 bits per heavy atom. The van der Waals surface area contributed by atoms with E-state index >= 15 is 0 Å². The summed E-state index contributed by atoms with van der Waals surface area (Å²) in [5.74, 6) is -0.497. The molecule has 2 aromatic carbocycles. The minimum atomic E-state index is -1.54. The number of thiazole rings is 1. The molecule has 0 saturated carbocycles. The topological polar surface area (TPSA) is 59.1 Å². The molecule has 0 saturated heterocycles. The largest absolute Gasteiger partial charge is 0.319 e. The summed E-state index contributed by atoms with van der Waals surface area (Å²) in [7, 11) is -1.54. The number of amides is 1. The minimum Gasteiger partial charge on any atom is -0.319 e. The number of anilines is 1. The summed E-state index contributed by atoms with van der Waals surface area (Å²) in [4.78, 5) is 17.1. The van der Waals surface area contributed by atoms with Crippen LogP contribution in [-0.2, 0) is 10.8 Å². The highest BCUT2D eigenvalue weighted by Crippen LogP contribution is 2.28. The highest BCUT2D eigenvalue weighted by Gasteiger charge is 2.21. The lowest BCUT2D eigenvalue weighted by atomic mass is 10.3. The maximum Gasteiger partial charge on any atom is 0.276 e. The van der Waals surface area contributed by atoms with Crippen molar-refractivity contribution in [3.8, 4) is 0 Å². The third-order valence-corrected chi connectivity index (χ3v) is 6.52. The molecule has 9 heteroatoms. The molecule has 1 N–H and O–H groups in total. The van der Waals surface area contributed by atoms with Crippen LogP contribution in [0.4, 0.5) is 5.69 Å². The van der Waals surface area contributed by atoms with Crippen LogP contribution in [0.5, 0.6) is 0 Å². The molecule has 0 radical (unpaired) electrons. The van der Waals surface area contributed by atoms with Crippen LogP contribution >= 0.6 is 46.1 Å². The van der Waals surface area contributed by atoms with Gasteiger partial charge in [-0.3, -0.25) is 4.79 Å². The molecular formula is C16H9Cl3N2O2S2. The molecule has 0 bridgehead atoms. The second-order valence-corrected chi connectivity index (χ2v) is 8.60. The van der Waals surface area contributed by atoms with Crippen LogP contribution in [0.1, 0.15) is 10.5 Å². The Morgan fingerprint density at radius 2 is 1.72 bits per heavy atom. The number of benzene rings is 2. The fourth-order valence-corrected chi connectivity index (χ4v) is 4.73. The number of halogens is 3. The van der Waals surface area contributed by atoms with E-state index < -0.39 is 16.7 Å². The van der Waals surface area contributed by atoms with E-state index in [0.717, 1.165) is 11.3 Å². The van der Waals surface area contributed by atoms with Crippen LogP contribution in [0.3, 0.4) is 0 Å². The van der Waals surface area contributed by atoms with E-state index in [0.29, 0.717) is 29.9 Å². The molecule has 0 aliphatic heterocycles. The molecule has 0 fully saturated rings. The summed E-state index contributed by atoms with van der Waals surface area (Å²) in [6, 6.07) is 11.3. The molecule has 0 spiro atoms. The first-order chi connectivity index (χ1) is 12.0. The van der Waals surface area contributed by atoms with Crippen LogP contribution in [0.25, 0.3) is 0 Å². The number of aromatic nitrogens is 1. The Bertz CT molecular complexity index is 958. The molecule has 1 heterocycles. The van der Waals surface area contributed by atoms with Crippen molar-refractivity contribution in [3.63, 3.8) is 0 Å². The number of rotatable bonds is 4. The zero-order valence-corrected chi connectivity index (χ0v) is 16.2. The van der Waals surface area contributed by atoms with Gasteiger partial charge in [-0.15, -0.1) is 11.3 Å². The SMILES string of the molecule is O=C(Nc1ccc(Cl)cc1Cl)c1ncsc1S(=O)c1ccc(Cl)cc1. The van der Waals surface area contributed by atoms with E-state index in [1.807, 2.05) is 0 Å². The molecule has 3 rings (SSSR count). The standard InChI is InChI=1S/C16H9Cl3N2O2S2/c17-9-1-4-11(5-2-9)25(23)16-14(20-8-24-16)15(22)21-13-6-3-10(18)7-12(13)19/h1-8H,(H,21,22). The first-order valence-corrected chi connectivity index (χ1v) is 9.99. The molecule has 0 aliphatic rings. The van der Waals surface area contributed by atoms with Crippen LogP contribution in [0, 0.1) is 0 Å². The van der Waals surface area contributed by atoms with Crippen LogP contribution < -0.4 is 5.32 Å². The van der Waals surface area contributed by atoms with Gasteiger partial charge < -0.3 is 5.32 Å². The number of hydrogen-bond acceptors (Lipinski definition) is 4. The minimum absolute atomic E-state index is 0.0873. The number of carbonyl (C=O) groups excluding carboxylic acids is 1. The molecule has 1 atom stereocenters. The lowest BCUT2D eigenvalue weighted by Gasteiger charge is -2.07. The van der Waals surface area contributed by atoms with Crippen molar-refractivity contribution in [2.24, 2.45) is 0 Å². The van der Waals surface area contributed by atoms with Crippen molar-refractivity contribution in [2.45, 2.75) is 9.10 Å². The van der Waals surface area contributed by atoms with E-state index in [9.17, 15) is 9.00 Å². The van der Waals surface area contributed by atoms with Gasteiger partial charge in [-0.25, -0.2) is 9.19 Å². The molecule has 0 aliphatic carbocycles. The maximum atomic E-state index is 12.7. The molecule has 1 unspecified atom stereocenters. The molecule has 1 amide bonds. The lowest BCUT2D eigenvalue weighted by Crippen LogP contribution is -2.15. The van der Waals surface area contributed by atoms with E-state index in [1.165, 1.54) is 11.6 Å².